The van der Waals surface area contributed by atoms with E-state index in [1.54, 1.807) is 31.2 Å². The van der Waals surface area contributed by atoms with Gasteiger partial charge < -0.3 is 5.11 Å². The molecule has 0 radical (unpaired) electrons. The van der Waals surface area contributed by atoms with Gasteiger partial charge in [0.25, 0.3) is 5.91 Å². The lowest BCUT2D eigenvalue weighted by molar-refractivity contribution is -0.117. The number of carbonyl (C=O) groups is 1. The third-order valence-corrected chi connectivity index (χ3v) is 6.94. The van der Waals surface area contributed by atoms with Gasteiger partial charge in [0.2, 0.25) is 0 Å². The monoisotopic (exact) mass is 410 g/mol. The summed E-state index contributed by atoms with van der Waals surface area (Å²) in [6, 6.07) is 10.9. The summed E-state index contributed by atoms with van der Waals surface area (Å²) in [5.41, 5.74) is 1.14. The predicted octanol–water partition coefficient (Wildman–Crippen LogP) is 1.13. The number of nitrogens with zero attached hydrogens (tertiary/aromatic N) is 1. The van der Waals surface area contributed by atoms with Crippen LogP contribution in [0.15, 0.2) is 47.4 Å². The Morgan fingerprint density at radius 2 is 1.85 bits per heavy atom. The molecule has 1 aliphatic rings. The Bertz CT molecular complexity index is 1130. The molecule has 1 fully saturated rings. The molecule has 27 heavy (non-hydrogen) atoms. The first-order valence-corrected chi connectivity index (χ1v) is 11.3. The molecule has 1 aliphatic heterocycles. The van der Waals surface area contributed by atoms with Gasteiger partial charge in [-0.1, -0.05) is 31.2 Å². The molecule has 2 N–H and O–H groups in total. The number of hydrogen-bond donors (Lipinski definition) is 2. The van der Waals surface area contributed by atoms with Crippen LogP contribution >= 0.6 is 0 Å². The van der Waals surface area contributed by atoms with Crippen molar-refractivity contribution in [2.45, 2.75) is 17.7 Å². The molecular formula is C17H18N2O6S2. The third kappa shape index (κ3) is 3.62. The van der Waals surface area contributed by atoms with Crippen LogP contribution in [0.3, 0.4) is 0 Å². The van der Waals surface area contributed by atoms with E-state index >= 15 is 0 Å². The molecule has 0 saturated carbocycles. The van der Waals surface area contributed by atoms with Gasteiger partial charge in [0.15, 0.2) is 9.84 Å². The lowest BCUT2D eigenvalue weighted by atomic mass is 9.92. The highest BCUT2D eigenvalue weighted by atomic mass is 32.2. The molecule has 3 rings (SSSR count). The molecule has 0 bridgehead atoms. The number of sulfone groups is 1. The van der Waals surface area contributed by atoms with Gasteiger partial charge in [0.05, 0.1) is 10.6 Å². The summed E-state index contributed by atoms with van der Waals surface area (Å²) in [4.78, 5) is 11.6. The van der Waals surface area contributed by atoms with Gasteiger partial charge in [0.1, 0.15) is 12.3 Å². The number of phenolic OH excluding ortho intramolecular Hbond substituents is 1. The summed E-state index contributed by atoms with van der Waals surface area (Å²) in [5, 5.41) is 10.3. The summed E-state index contributed by atoms with van der Waals surface area (Å²) < 4.78 is 50.5. The van der Waals surface area contributed by atoms with Gasteiger partial charge in [-0.15, -0.1) is 0 Å². The molecule has 1 amide bonds. The van der Waals surface area contributed by atoms with Crippen molar-refractivity contribution in [3.63, 3.8) is 0 Å². The summed E-state index contributed by atoms with van der Waals surface area (Å²) in [6.07, 6.45) is 1.13. The molecule has 0 spiro atoms. The van der Waals surface area contributed by atoms with Crippen LogP contribution in [-0.2, 0) is 24.8 Å². The molecule has 8 nitrogen and oxygen atoms in total. The minimum atomic E-state index is -4.03. The number of rotatable bonds is 4. The quantitative estimate of drug-likeness (QED) is 0.779. The van der Waals surface area contributed by atoms with E-state index in [4.69, 9.17) is 0 Å². The van der Waals surface area contributed by atoms with Gasteiger partial charge in [-0.2, -0.15) is 8.42 Å². The first kappa shape index (κ1) is 19.2. The number of hydrogen-bond acceptors (Lipinski definition) is 6. The number of aromatic hydroxyl groups is 1. The molecule has 1 atom stereocenters. The second-order valence-electron chi connectivity index (χ2n) is 6.32. The summed E-state index contributed by atoms with van der Waals surface area (Å²) >= 11 is 0. The third-order valence-electron chi connectivity index (χ3n) is 4.37. The topological polar surface area (TPSA) is 121 Å². The minimum absolute atomic E-state index is 0.0271. The van der Waals surface area contributed by atoms with Crippen molar-refractivity contribution in [2.24, 2.45) is 0 Å². The number of nitrogens with one attached hydrogen (secondary N) is 1. The molecule has 1 saturated heterocycles. The molecule has 0 aromatic heterocycles. The van der Waals surface area contributed by atoms with Gasteiger partial charge in [-0.05, 0) is 29.3 Å². The number of phenols is 1. The first-order chi connectivity index (χ1) is 12.5. The van der Waals surface area contributed by atoms with Crippen molar-refractivity contribution in [3.05, 3.63) is 53.6 Å². The van der Waals surface area contributed by atoms with Gasteiger partial charge in [0, 0.05) is 12.2 Å². The molecule has 2 aromatic carbocycles. The SMILES string of the molecule is CC(c1ccc(N2CC(=O)NS2(=O)=O)c(O)c1)c1ccccc1S(C)(=O)=O. The van der Waals surface area contributed by atoms with Gasteiger partial charge >= 0.3 is 10.2 Å². The molecule has 2 aromatic rings. The van der Waals surface area contributed by atoms with Crippen LogP contribution in [0, 0.1) is 0 Å². The van der Waals surface area contributed by atoms with Gasteiger partial charge in [-0.25, -0.2) is 17.4 Å². The minimum Gasteiger partial charge on any atom is -0.506 e. The molecule has 1 unspecified atom stereocenters. The fourth-order valence-corrected chi connectivity index (χ4v) is 5.20. The second-order valence-corrected chi connectivity index (χ2v) is 9.90. The first-order valence-electron chi connectivity index (χ1n) is 7.96. The average molecular weight is 410 g/mol. The largest absolute Gasteiger partial charge is 0.506 e. The van der Waals surface area contributed by atoms with Crippen LogP contribution in [0.2, 0.25) is 0 Å². The highest BCUT2D eigenvalue weighted by Gasteiger charge is 2.35. The van der Waals surface area contributed by atoms with E-state index in [9.17, 15) is 26.7 Å². The Hall–Kier alpha value is -2.59. The zero-order valence-electron chi connectivity index (χ0n) is 14.6. The molecule has 0 aliphatic carbocycles. The Kier molecular flexibility index (Phi) is 4.64. The van der Waals surface area contributed by atoms with Crippen molar-refractivity contribution >= 4 is 31.6 Å². The van der Waals surface area contributed by atoms with E-state index in [1.165, 1.54) is 18.2 Å². The number of amides is 1. The lowest BCUT2D eigenvalue weighted by Gasteiger charge is -2.20. The zero-order chi connectivity index (χ0) is 20.0. The number of anilines is 1. The van der Waals surface area contributed by atoms with Crippen LogP contribution in [0.25, 0.3) is 0 Å². The lowest BCUT2D eigenvalue weighted by Crippen LogP contribution is -2.29. The van der Waals surface area contributed by atoms with Gasteiger partial charge in [-0.3, -0.25) is 4.79 Å². The maximum atomic E-state index is 12.0. The fraction of sp³-hybridized carbons (Fsp3) is 0.235. The molecule has 10 heteroatoms. The van der Waals surface area contributed by atoms with Crippen LogP contribution < -0.4 is 9.03 Å². The smallest absolute Gasteiger partial charge is 0.326 e. The standard InChI is InChI=1S/C17H18N2O6S2/c1-11(13-5-3-4-6-16(13)26(2,22)23)12-7-8-14(15(20)9-12)19-10-17(21)18-27(19,24)25/h3-9,11,20H,10H2,1-2H3,(H,18,21). The van der Waals surface area contributed by atoms with Crippen LogP contribution in [0.4, 0.5) is 5.69 Å². The van der Waals surface area contributed by atoms with E-state index in [-0.39, 0.29) is 22.3 Å². The van der Waals surface area contributed by atoms with Crippen molar-refractivity contribution in [2.75, 3.05) is 17.1 Å². The molecule has 144 valence electrons. The highest BCUT2D eigenvalue weighted by molar-refractivity contribution is 7.92. The van der Waals surface area contributed by atoms with Crippen molar-refractivity contribution in [1.29, 1.82) is 0 Å². The van der Waals surface area contributed by atoms with E-state index in [0.29, 0.717) is 11.1 Å². The van der Waals surface area contributed by atoms with E-state index in [1.807, 2.05) is 4.72 Å². The molecule has 1 heterocycles. The number of benzene rings is 2. The maximum Gasteiger partial charge on any atom is 0.326 e. The fourth-order valence-electron chi connectivity index (χ4n) is 3.04. The summed E-state index contributed by atoms with van der Waals surface area (Å²) in [5.74, 6) is -1.38. The number of carbonyl (C=O) groups excluding carboxylic acids is 1. The van der Waals surface area contributed by atoms with Crippen LogP contribution in [0.1, 0.15) is 24.0 Å². The van der Waals surface area contributed by atoms with Crippen molar-refractivity contribution in [1.82, 2.24) is 4.72 Å². The average Bonchev–Trinajstić information content (AvgIpc) is 2.85. The Labute approximate surface area is 157 Å². The molecular weight excluding hydrogens is 392 g/mol. The van der Waals surface area contributed by atoms with Crippen LogP contribution in [-0.4, -0.2) is 40.6 Å². The maximum absolute atomic E-state index is 12.0. The van der Waals surface area contributed by atoms with E-state index in [0.717, 1.165) is 10.6 Å². The summed E-state index contributed by atoms with van der Waals surface area (Å²) in [7, 11) is -7.46. The van der Waals surface area contributed by atoms with E-state index in [2.05, 4.69) is 0 Å². The highest BCUT2D eigenvalue weighted by Crippen LogP contribution is 2.36. The predicted molar refractivity (Wildman–Crippen MR) is 99.6 cm³/mol. The zero-order valence-corrected chi connectivity index (χ0v) is 16.2. The Morgan fingerprint density at radius 3 is 2.41 bits per heavy atom. The van der Waals surface area contributed by atoms with Crippen molar-refractivity contribution in [3.8, 4) is 5.75 Å². The van der Waals surface area contributed by atoms with E-state index < -0.39 is 32.5 Å². The normalized spacial score (nSPS) is 17.6. The van der Waals surface area contributed by atoms with Crippen LogP contribution in [0.5, 0.6) is 5.75 Å². The second kappa shape index (κ2) is 6.54. The summed E-state index contributed by atoms with van der Waals surface area (Å²) in [6.45, 7) is 1.37. The van der Waals surface area contributed by atoms with Crippen molar-refractivity contribution < 1.29 is 26.7 Å². The Morgan fingerprint density at radius 1 is 1.19 bits per heavy atom. The Balaban J connectivity index is 2.01.